The van der Waals surface area contributed by atoms with Crippen LogP contribution in [-0.4, -0.2) is 24.2 Å². The van der Waals surface area contributed by atoms with Crippen LogP contribution in [0.1, 0.15) is 32.8 Å². The molecule has 112 valence electrons. The van der Waals surface area contributed by atoms with Crippen molar-refractivity contribution >= 4 is 5.97 Å². The van der Waals surface area contributed by atoms with E-state index in [9.17, 15) is 9.18 Å². The minimum atomic E-state index is -1.16. The molecule has 0 heterocycles. The van der Waals surface area contributed by atoms with Crippen LogP contribution in [0.2, 0.25) is 0 Å². The highest BCUT2D eigenvalue weighted by atomic mass is 19.1. The van der Waals surface area contributed by atoms with Crippen molar-refractivity contribution < 1.29 is 18.7 Å². The first-order valence-corrected chi connectivity index (χ1v) is 6.65. The summed E-state index contributed by atoms with van der Waals surface area (Å²) in [6.07, 6.45) is -0.176. The van der Waals surface area contributed by atoms with Gasteiger partial charge in [0.25, 0.3) is 0 Å². The van der Waals surface area contributed by atoms with Gasteiger partial charge in [-0.05, 0) is 39.3 Å². The van der Waals surface area contributed by atoms with Crippen LogP contribution in [0.5, 0.6) is 5.75 Å². The lowest BCUT2D eigenvalue weighted by atomic mass is 9.96. The van der Waals surface area contributed by atoms with Crippen LogP contribution in [0.15, 0.2) is 18.2 Å². The normalized spacial score (nSPS) is 15.3. The van der Waals surface area contributed by atoms with Gasteiger partial charge in [0.15, 0.2) is 11.6 Å². The summed E-state index contributed by atoms with van der Waals surface area (Å²) < 4.78 is 24.3. The molecule has 0 aliphatic rings. The third kappa shape index (κ3) is 4.20. The number of ether oxygens (including phenoxy) is 2. The van der Waals surface area contributed by atoms with Crippen molar-refractivity contribution in [1.29, 1.82) is 0 Å². The van der Waals surface area contributed by atoms with Gasteiger partial charge in [0.2, 0.25) is 0 Å². The van der Waals surface area contributed by atoms with E-state index in [2.05, 4.69) is 0 Å². The largest absolute Gasteiger partial charge is 0.488 e. The first-order valence-electron chi connectivity index (χ1n) is 6.65. The Bertz CT molecular complexity index is 474. The molecule has 1 aromatic rings. The summed E-state index contributed by atoms with van der Waals surface area (Å²) in [4.78, 5) is 11.7. The second-order valence-corrected chi connectivity index (χ2v) is 5.16. The van der Waals surface area contributed by atoms with Gasteiger partial charge in [0.05, 0.1) is 12.7 Å². The van der Waals surface area contributed by atoms with E-state index in [4.69, 9.17) is 15.2 Å². The topological polar surface area (TPSA) is 61.5 Å². The fraction of sp³-hybridized carbons (Fsp3) is 0.533. The number of hydrogen-bond acceptors (Lipinski definition) is 4. The van der Waals surface area contributed by atoms with Crippen LogP contribution in [0.3, 0.4) is 0 Å². The smallest absolute Gasteiger partial charge is 0.325 e. The predicted octanol–water partition coefficient (Wildman–Crippen LogP) is 2.57. The Morgan fingerprint density at radius 3 is 2.75 bits per heavy atom. The van der Waals surface area contributed by atoms with Crippen LogP contribution in [0, 0.1) is 12.7 Å². The number of carbonyl (C=O) groups excluding carboxylic acids is 1. The van der Waals surface area contributed by atoms with Crippen molar-refractivity contribution in [3.05, 3.63) is 29.6 Å². The van der Waals surface area contributed by atoms with Crippen LogP contribution in [-0.2, 0) is 9.53 Å². The van der Waals surface area contributed by atoms with Gasteiger partial charge >= 0.3 is 5.97 Å². The second kappa shape index (κ2) is 6.70. The maximum absolute atomic E-state index is 13.8. The Morgan fingerprint density at radius 2 is 2.15 bits per heavy atom. The molecule has 0 bridgehead atoms. The lowest BCUT2D eigenvalue weighted by Crippen LogP contribution is -2.49. The summed E-state index contributed by atoms with van der Waals surface area (Å²) in [6.45, 7) is 6.98. The molecule has 20 heavy (non-hydrogen) atoms. The zero-order valence-corrected chi connectivity index (χ0v) is 12.4. The number of rotatable bonds is 6. The molecule has 5 heteroatoms. The van der Waals surface area contributed by atoms with Crippen LogP contribution in [0.4, 0.5) is 4.39 Å². The Balaban J connectivity index is 2.70. The molecule has 4 nitrogen and oxygen atoms in total. The highest BCUT2D eigenvalue weighted by Crippen LogP contribution is 2.23. The second-order valence-electron chi connectivity index (χ2n) is 5.16. The van der Waals surface area contributed by atoms with Gasteiger partial charge in [0.1, 0.15) is 5.54 Å². The monoisotopic (exact) mass is 283 g/mol. The molecular weight excluding hydrogens is 261 g/mol. The van der Waals surface area contributed by atoms with Gasteiger partial charge in [-0.15, -0.1) is 0 Å². The van der Waals surface area contributed by atoms with Gasteiger partial charge in [-0.2, -0.15) is 0 Å². The molecule has 0 aromatic heterocycles. The van der Waals surface area contributed by atoms with E-state index in [1.54, 1.807) is 45.9 Å². The molecule has 0 amide bonds. The van der Waals surface area contributed by atoms with Crippen molar-refractivity contribution in [1.82, 2.24) is 0 Å². The molecule has 0 spiro atoms. The summed E-state index contributed by atoms with van der Waals surface area (Å²) >= 11 is 0. The third-order valence-corrected chi connectivity index (χ3v) is 2.94. The highest BCUT2D eigenvalue weighted by Gasteiger charge is 2.32. The molecule has 1 aromatic carbocycles. The summed E-state index contributed by atoms with van der Waals surface area (Å²) in [6, 6.07) is 4.93. The van der Waals surface area contributed by atoms with E-state index >= 15 is 0 Å². The number of hydrogen-bond donors (Lipinski definition) is 1. The maximum atomic E-state index is 13.8. The minimum absolute atomic E-state index is 0.164. The van der Waals surface area contributed by atoms with Gasteiger partial charge in [0, 0.05) is 6.42 Å². The highest BCUT2D eigenvalue weighted by molar-refractivity contribution is 5.80. The lowest BCUT2D eigenvalue weighted by Gasteiger charge is -2.26. The zero-order valence-electron chi connectivity index (χ0n) is 12.4. The Hall–Kier alpha value is -1.62. The quantitative estimate of drug-likeness (QED) is 0.815. The lowest BCUT2D eigenvalue weighted by molar-refractivity contribution is -0.149. The summed E-state index contributed by atoms with van der Waals surface area (Å²) in [7, 11) is 0. The Morgan fingerprint density at radius 1 is 1.50 bits per heavy atom. The molecule has 2 N–H and O–H groups in total. The van der Waals surface area contributed by atoms with Gasteiger partial charge in [-0.25, -0.2) is 4.39 Å². The first-order chi connectivity index (χ1) is 9.27. The molecule has 2 unspecified atom stereocenters. The Labute approximate surface area is 119 Å². The van der Waals surface area contributed by atoms with Crippen molar-refractivity contribution in [2.75, 3.05) is 6.61 Å². The van der Waals surface area contributed by atoms with E-state index in [1.165, 1.54) is 0 Å². The first kappa shape index (κ1) is 16.4. The van der Waals surface area contributed by atoms with E-state index in [1.807, 2.05) is 0 Å². The Kier molecular flexibility index (Phi) is 5.51. The molecule has 0 saturated carbocycles. The van der Waals surface area contributed by atoms with Gasteiger partial charge in [-0.1, -0.05) is 12.1 Å². The molecule has 0 aliphatic heterocycles. The maximum Gasteiger partial charge on any atom is 0.325 e. The standard InChI is InChI=1S/C15H22FNO3/c1-5-19-14(18)15(4,17)9-11(3)20-12-8-6-7-10(2)13(12)16/h6-8,11H,5,9,17H2,1-4H3. The van der Waals surface area contributed by atoms with Gasteiger partial charge in [-0.3, -0.25) is 4.79 Å². The zero-order chi connectivity index (χ0) is 15.3. The summed E-state index contributed by atoms with van der Waals surface area (Å²) in [5, 5.41) is 0. The third-order valence-electron chi connectivity index (χ3n) is 2.94. The van der Waals surface area contributed by atoms with E-state index in [-0.39, 0.29) is 18.8 Å². The number of aryl methyl sites for hydroxylation is 1. The fourth-order valence-corrected chi connectivity index (χ4v) is 1.95. The van der Waals surface area contributed by atoms with Crippen molar-refractivity contribution in [3.63, 3.8) is 0 Å². The molecule has 0 fully saturated rings. The number of esters is 1. The molecule has 0 saturated heterocycles. The van der Waals surface area contributed by atoms with Crippen LogP contribution in [0.25, 0.3) is 0 Å². The van der Waals surface area contributed by atoms with Crippen LogP contribution >= 0.6 is 0 Å². The number of benzene rings is 1. The SMILES string of the molecule is CCOC(=O)C(C)(N)CC(C)Oc1cccc(C)c1F. The molecule has 0 aliphatic carbocycles. The number of carbonyl (C=O) groups is 1. The van der Waals surface area contributed by atoms with Crippen LogP contribution < -0.4 is 10.5 Å². The minimum Gasteiger partial charge on any atom is -0.488 e. The van der Waals surface area contributed by atoms with Crippen molar-refractivity contribution in [2.45, 2.75) is 45.8 Å². The predicted molar refractivity (Wildman–Crippen MR) is 75.1 cm³/mol. The fourth-order valence-electron chi connectivity index (χ4n) is 1.95. The number of halogens is 1. The van der Waals surface area contributed by atoms with Crippen molar-refractivity contribution in [2.24, 2.45) is 5.73 Å². The molecule has 0 radical (unpaired) electrons. The average Bonchev–Trinajstić information content (AvgIpc) is 2.34. The van der Waals surface area contributed by atoms with Crippen molar-refractivity contribution in [3.8, 4) is 5.75 Å². The van der Waals surface area contributed by atoms with E-state index in [0.717, 1.165) is 0 Å². The summed E-state index contributed by atoms with van der Waals surface area (Å²) in [5.41, 5.74) is 5.27. The molecular formula is C15H22FNO3. The molecule has 2 atom stereocenters. The number of nitrogens with two attached hydrogens (primary N) is 1. The van der Waals surface area contributed by atoms with E-state index in [0.29, 0.717) is 5.56 Å². The molecule has 1 rings (SSSR count). The average molecular weight is 283 g/mol. The van der Waals surface area contributed by atoms with E-state index < -0.39 is 23.4 Å². The summed E-state index contributed by atoms with van der Waals surface area (Å²) in [5.74, 6) is -0.716. The van der Waals surface area contributed by atoms with Gasteiger partial charge < -0.3 is 15.2 Å².